The van der Waals surface area contributed by atoms with Crippen LogP contribution in [0.3, 0.4) is 0 Å². The average Bonchev–Trinajstić information content (AvgIpc) is 2.31. The van der Waals surface area contributed by atoms with Gasteiger partial charge >= 0.3 is 0 Å². The summed E-state index contributed by atoms with van der Waals surface area (Å²) >= 11 is 12.0. The summed E-state index contributed by atoms with van der Waals surface area (Å²) in [4.78, 5) is -0.0870. The van der Waals surface area contributed by atoms with Gasteiger partial charge < -0.3 is 5.73 Å². The molecule has 2 rings (SSSR count). The Morgan fingerprint density at radius 2 is 1.71 bits per heavy atom. The predicted octanol–water partition coefficient (Wildman–Crippen LogP) is 4.39. The summed E-state index contributed by atoms with van der Waals surface area (Å²) in [7, 11) is -4.03. The minimum absolute atomic E-state index is 0.0870. The fourth-order valence-corrected chi connectivity index (χ4v) is 5.46. The third kappa shape index (κ3) is 3.68. The number of hydrogen-bond acceptors (Lipinski definition) is 3. The maximum absolute atomic E-state index is 13.7. The van der Waals surface area contributed by atoms with E-state index in [2.05, 4.69) is 36.6 Å². The summed E-state index contributed by atoms with van der Waals surface area (Å²) in [5, 5.41) is 0.213. The number of sulfonamides is 1. The van der Waals surface area contributed by atoms with Crippen LogP contribution in [0.2, 0.25) is 5.02 Å². The van der Waals surface area contributed by atoms with E-state index in [-0.39, 0.29) is 24.6 Å². The first-order valence-electron chi connectivity index (χ1n) is 5.43. The summed E-state index contributed by atoms with van der Waals surface area (Å²) in [6, 6.07) is 6.46. The van der Waals surface area contributed by atoms with Gasteiger partial charge in [0.2, 0.25) is 0 Å². The van der Waals surface area contributed by atoms with E-state index in [1.54, 1.807) is 0 Å². The number of benzene rings is 2. The Kier molecular flexibility index (Phi) is 4.82. The lowest BCUT2D eigenvalue weighted by atomic mass is 10.3. The molecule has 2 aromatic carbocycles. The Bertz CT molecular complexity index is 792. The molecule has 0 aliphatic heterocycles. The van der Waals surface area contributed by atoms with Crippen LogP contribution in [0.1, 0.15) is 0 Å². The molecule has 0 unspecified atom stereocenters. The second kappa shape index (κ2) is 6.12. The van der Waals surface area contributed by atoms with Gasteiger partial charge in [-0.05, 0) is 62.2 Å². The van der Waals surface area contributed by atoms with E-state index in [1.807, 2.05) is 0 Å². The first-order chi connectivity index (χ1) is 9.70. The molecule has 0 aliphatic rings. The predicted molar refractivity (Wildman–Crippen MR) is 88.5 cm³/mol. The SMILES string of the molecule is Nc1cc(Br)c(S(=O)(=O)Nc2cc(Cl)ccc2F)c(Br)c1. The van der Waals surface area contributed by atoms with Crippen LogP contribution in [0.25, 0.3) is 0 Å². The molecule has 0 fully saturated rings. The zero-order chi connectivity index (χ0) is 15.8. The molecule has 0 heterocycles. The average molecular weight is 459 g/mol. The molecule has 3 N–H and O–H groups in total. The lowest BCUT2D eigenvalue weighted by molar-refractivity contribution is 0.597. The number of hydrogen-bond donors (Lipinski definition) is 2. The van der Waals surface area contributed by atoms with Crippen LogP contribution >= 0.6 is 43.5 Å². The van der Waals surface area contributed by atoms with Crippen molar-refractivity contribution < 1.29 is 12.8 Å². The van der Waals surface area contributed by atoms with Crippen LogP contribution in [0.15, 0.2) is 44.2 Å². The summed E-state index contributed by atoms with van der Waals surface area (Å²) in [5.41, 5.74) is 5.75. The van der Waals surface area contributed by atoms with Crippen LogP contribution in [0, 0.1) is 5.82 Å². The van der Waals surface area contributed by atoms with Gasteiger partial charge in [0.1, 0.15) is 10.7 Å². The second-order valence-corrected chi connectivity index (χ2v) is 7.81. The van der Waals surface area contributed by atoms with E-state index in [0.29, 0.717) is 5.69 Å². The van der Waals surface area contributed by atoms with Crippen LogP contribution in [0.5, 0.6) is 0 Å². The summed E-state index contributed by atoms with van der Waals surface area (Å²) in [5.74, 6) is -0.731. The van der Waals surface area contributed by atoms with Crippen molar-refractivity contribution in [1.82, 2.24) is 0 Å². The second-order valence-electron chi connectivity index (χ2n) is 4.04. The molecule has 0 bridgehead atoms. The molecule has 4 nitrogen and oxygen atoms in total. The molecule has 0 atom stereocenters. The fourth-order valence-electron chi connectivity index (χ4n) is 1.61. The largest absolute Gasteiger partial charge is 0.399 e. The normalized spacial score (nSPS) is 11.4. The van der Waals surface area contributed by atoms with Crippen molar-refractivity contribution >= 4 is 64.9 Å². The fraction of sp³-hybridized carbons (Fsp3) is 0. The maximum Gasteiger partial charge on any atom is 0.264 e. The standard InChI is InChI=1S/C12H8Br2ClFN2O2S/c13-8-4-7(17)5-9(14)12(8)21(19,20)18-11-3-6(15)1-2-10(11)16/h1-5,18H,17H2. The minimum atomic E-state index is -4.03. The monoisotopic (exact) mass is 456 g/mol. The Morgan fingerprint density at radius 1 is 1.14 bits per heavy atom. The van der Waals surface area contributed by atoms with Crippen molar-refractivity contribution in [3.8, 4) is 0 Å². The first kappa shape index (κ1) is 16.5. The van der Waals surface area contributed by atoms with Gasteiger partial charge in [-0.2, -0.15) is 0 Å². The van der Waals surface area contributed by atoms with E-state index in [9.17, 15) is 12.8 Å². The van der Waals surface area contributed by atoms with Crippen LogP contribution in [0.4, 0.5) is 15.8 Å². The van der Waals surface area contributed by atoms with Crippen LogP contribution in [-0.4, -0.2) is 8.42 Å². The van der Waals surface area contributed by atoms with Gasteiger partial charge in [-0.3, -0.25) is 4.72 Å². The third-order valence-corrected chi connectivity index (χ3v) is 5.94. The summed E-state index contributed by atoms with van der Waals surface area (Å²) < 4.78 is 41.1. The summed E-state index contributed by atoms with van der Waals surface area (Å²) in [6.07, 6.45) is 0. The highest BCUT2D eigenvalue weighted by atomic mass is 79.9. The van der Waals surface area contributed by atoms with E-state index >= 15 is 0 Å². The molecule has 0 saturated carbocycles. The van der Waals surface area contributed by atoms with Crippen LogP contribution in [-0.2, 0) is 10.0 Å². The lowest BCUT2D eigenvalue weighted by Gasteiger charge is -2.12. The zero-order valence-corrected chi connectivity index (χ0v) is 14.9. The number of rotatable bonds is 3. The molecule has 112 valence electrons. The smallest absolute Gasteiger partial charge is 0.264 e. The van der Waals surface area contributed by atoms with Crippen molar-refractivity contribution in [3.63, 3.8) is 0 Å². The third-order valence-electron chi connectivity index (χ3n) is 2.46. The molecule has 0 radical (unpaired) electrons. The quantitative estimate of drug-likeness (QED) is 0.671. The molecule has 21 heavy (non-hydrogen) atoms. The Balaban J connectivity index is 2.51. The number of anilines is 2. The lowest BCUT2D eigenvalue weighted by Crippen LogP contribution is -2.15. The summed E-state index contributed by atoms with van der Waals surface area (Å²) in [6.45, 7) is 0. The number of nitrogens with two attached hydrogens (primary N) is 1. The Labute approximate surface area is 142 Å². The van der Waals surface area contributed by atoms with E-state index in [0.717, 1.165) is 6.07 Å². The first-order valence-corrected chi connectivity index (χ1v) is 8.88. The van der Waals surface area contributed by atoms with Crippen molar-refractivity contribution in [2.24, 2.45) is 0 Å². The molecule has 0 aliphatic carbocycles. The molecule has 0 aromatic heterocycles. The highest BCUT2D eigenvalue weighted by molar-refractivity contribution is 9.11. The van der Waals surface area contributed by atoms with Crippen molar-refractivity contribution in [1.29, 1.82) is 0 Å². The van der Waals surface area contributed by atoms with Gasteiger partial charge in [-0.25, -0.2) is 12.8 Å². The number of nitrogens with one attached hydrogen (secondary N) is 1. The topological polar surface area (TPSA) is 72.2 Å². The number of halogens is 4. The zero-order valence-electron chi connectivity index (χ0n) is 10.2. The van der Waals surface area contributed by atoms with Gasteiger partial charge in [0, 0.05) is 19.7 Å². The van der Waals surface area contributed by atoms with Crippen LogP contribution < -0.4 is 10.5 Å². The molecule has 0 amide bonds. The van der Waals surface area contributed by atoms with Gasteiger partial charge in [-0.15, -0.1) is 0 Å². The molecule has 2 aromatic rings. The molecule has 0 saturated heterocycles. The van der Waals surface area contributed by atoms with Crippen molar-refractivity contribution in [2.45, 2.75) is 4.90 Å². The molecule has 9 heteroatoms. The molecule has 0 spiro atoms. The maximum atomic E-state index is 13.7. The van der Waals surface area contributed by atoms with Gasteiger partial charge in [0.15, 0.2) is 0 Å². The van der Waals surface area contributed by atoms with E-state index < -0.39 is 15.8 Å². The Morgan fingerprint density at radius 3 is 2.29 bits per heavy atom. The highest BCUT2D eigenvalue weighted by Gasteiger charge is 2.23. The van der Waals surface area contributed by atoms with Gasteiger partial charge in [-0.1, -0.05) is 11.6 Å². The van der Waals surface area contributed by atoms with Crippen molar-refractivity contribution in [2.75, 3.05) is 10.5 Å². The molecular weight excluding hydrogens is 450 g/mol. The van der Waals surface area contributed by atoms with Gasteiger partial charge in [0.05, 0.1) is 5.69 Å². The number of nitrogen functional groups attached to an aromatic ring is 1. The van der Waals surface area contributed by atoms with E-state index in [4.69, 9.17) is 17.3 Å². The minimum Gasteiger partial charge on any atom is -0.399 e. The highest BCUT2D eigenvalue weighted by Crippen LogP contribution is 2.34. The van der Waals surface area contributed by atoms with Crippen molar-refractivity contribution in [3.05, 3.63) is 50.1 Å². The van der Waals surface area contributed by atoms with Gasteiger partial charge in [0.25, 0.3) is 10.0 Å². The molecular formula is C12H8Br2ClFN2O2S. The Hall–Kier alpha value is -0.830. The van der Waals surface area contributed by atoms with E-state index in [1.165, 1.54) is 24.3 Å².